The molecule has 2 heterocycles. The second-order valence-electron chi connectivity index (χ2n) is 5.98. The minimum Gasteiger partial charge on any atom is -0.347 e. The summed E-state index contributed by atoms with van der Waals surface area (Å²) >= 11 is 7.09. The fraction of sp³-hybridized carbons (Fsp3) is 0.167. The summed E-state index contributed by atoms with van der Waals surface area (Å²) in [4.78, 5) is 21.2. The number of benzene rings is 1. The van der Waals surface area contributed by atoms with Gasteiger partial charge in [0.15, 0.2) is 0 Å². The number of rotatable bonds is 7. The highest BCUT2D eigenvalue weighted by atomic mass is 35.5. The van der Waals surface area contributed by atoms with Crippen LogP contribution in [0.25, 0.3) is 0 Å². The molecule has 3 aromatic rings. The molecule has 2 N–H and O–H groups in total. The van der Waals surface area contributed by atoms with Gasteiger partial charge in [-0.1, -0.05) is 11.6 Å². The van der Waals surface area contributed by atoms with Crippen molar-refractivity contribution >= 4 is 38.9 Å². The van der Waals surface area contributed by atoms with Gasteiger partial charge in [-0.25, -0.2) is 22.5 Å². The lowest BCUT2D eigenvalue weighted by Crippen LogP contribution is -2.25. The first-order chi connectivity index (χ1) is 13.8. The van der Waals surface area contributed by atoms with Crippen molar-refractivity contribution in [2.45, 2.75) is 24.9 Å². The van der Waals surface area contributed by atoms with Crippen LogP contribution in [0, 0.1) is 12.7 Å². The van der Waals surface area contributed by atoms with Gasteiger partial charge in [0.2, 0.25) is 10.0 Å². The van der Waals surface area contributed by atoms with Crippen molar-refractivity contribution in [3.8, 4) is 0 Å². The molecule has 0 bridgehead atoms. The minimum atomic E-state index is -3.89. The van der Waals surface area contributed by atoms with Crippen LogP contribution in [-0.2, 0) is 23.1 Å². The SMILES string of the molecule is Cc1ncsc1CNC(=O)c1ccc(CNS(=O)(=O)c2ccc(F)c(Cl)c2)nc1. The van der Waals surface area contributed by atoms with Crippen molar-refractivity contribution in [1.29, 1.82) is 0 Å². The zero-order chi connectivity index (χ0) is 21.0. The summed E-state index contributed by atoms with van der Waals surface area (Å²) in [5.41, 5.74) is 3.35. The van der Waals surface area contributed by atoms with E-state index in [0.717, 1.165) is 28.8 Å². The predicted molar refractivity (Wildman–Crippen MR) is 108 cm³/mol. The Labute approximate surface area is 176 Å². The summed E-state index contributed by atoms with van der Waals surface area (Å²) in [6.45, 7) is 2.14. The van der Waals surface area contributed by atoms with E-state index >= 15 is 0 Å². The third kappa shape index (κ3) is 5.36. The van der Waals surface area contributed by atoms with E-state index in [1.54, 1.807) is 17.6 Å². The highest BCUT2D eigenvalue weighted by Crippen LogP contribution is 2.19. The van der Waals surface area contributed by atoms with E-state index in [-0.39, 0.29) is 22.4 Å². The number of hydrogen-bond acceptors (Lipinski definition) is 6. The van der Waals surface area contributed by atoms with Gasteiger partial charge in [0.05, 0.1) is 45.5 Å². The molecule has 0 saturated carbocycles. The molecule has 0 saturated heterocycles. The van der Waals surface area contributed by atoms with Gasteiger partial charge in [0, 0.05) is 11.1 Å². The average Bonchev–Trinajstić information content (AvgIpc) is 3.12. The number of amides is 1. The molecule has 0 aliphatic heterocycles. The van der Waals surface area contributed by atoms with Gasteiger partial charge in [-0.2, -0.15) is 0 Å². The minimum absolute atomic E-state index is 0.0979. The van der Waals surface area contributed by atoms with Gasteiger partial charge in [-0.3, -0.25) is 9.78 Å². The lowest BCUT2D eigenvalue weighted by molar-refractivity contribution is 0.0951. The number of aromatic nitrogens is 2. The lowest BCUT2D eigenvalue weighted by atomic mass is 10.2. The maximum absolute atomic E-state index is 13.2. The van der Waals surface area contributed by atoms with Gasteiger partial charge < -0.3 is 5.32 Å². The highest BCUT2D eigenvalue weighted by Gasteiger charge is 2.16. The quantitative estimate of drug-likeness (QED) is 0.571. The van der Waals surface area contributed by atoms with Crippen molar-refractivity contribution in [3.63, 3.8) is 0 Å². The Bertz CT molecular complexity index is 1130. The van der Waals surface area contributed by atoms with Crippen molar-refractivity contribution in [2.24, 2.45) is 0 Å². The van der Waals surface area contributed by atoms with Crippen LogP contribution in [0.1, 0.15) is 26.6 Å². The number of thiazole rings is 1. The summed E-state index contributed by atoms with van der Waals surface area (Å²) in [5.74, 6) is -0.995. The standard InChI is InChI=1S/C18H16ClFN4O3S2/c1-11-17(28-10-23-11)9-22-18(25)12-2-3-13(21-7-12)8-24-29(26,27)14-4-5-16(20)15(19)6-14/h2-7,10,24H,8-9H2,1H3,(H,22,25). The van der Waals surface area contributed by atoms with Crippen LogP contribution >= 0.6 is 22.9 Å². The lowest BCUT2D eigenvalue weighted by Gasteiger charge is -2.08. The van der Waals surface area contributed by atoms with Crippen LogP contribution in [0.2, 0.25) is 5.02 Å². The molecule has 0 radical (unpaired) electrons. The topological polar surface area (TPSA) is 101 Å². The number of halogens is 2. The largest absolute Gasteiger partial charge is 0.347 e. The first-order valence-electron chi connectivity index (χ1n) is 8.33. The Kier molecular flexibility index (Phi) is 6.58. The third-order valence-corrected chi connectivity index (χ3v) is 6.61. The molecule has 29 heavy (non-hydrogen) atoms. The molecular weight excluding hydrogens is 439 g/mol. The fourth-order valence-corrected chi connectivity index (χ4v) is 4.31. The molecule has 1 aromatic carbocycles. The molecular formula is C18H16ClFN4O3S2. The molecule has 0 atom stereocenters. The number of sulfonamides is 1. The number of aryl methyl sites for hydroxylation is 1. The molecule has 3 rings (SSSR count). The highest BCUT2D eigenvalue weighted by molar-refractivity contribution is 7.89. The second kappa shape index (κ2) is 8.95. The van der Waals surface area contributed by atoms with E-state index < -0.39 is 15.8 Å². The molecule has 0 fully saturated rings. The van der Waals surface area contributed by atoms with E-state index in [1.165, 1.54) is 17.5 Å². The van der Waals surface area contributed by atoms with Crippen molar-refractivity contribution in [3.05, 3.63) is 74.7 Å². The summed E-state index contributed by atoms with van der Waals surface area (Å²) in [5, 5.41) is 2.50. The molecule has 7 nitrogen and oxygen atoms in total. The number of nitrogens with one attached hydrogen (secondary N) is 2. The summed E-state index contributed by atoms with van der Waals surface area (Å²) in [7, 11) is -3.89. The Balaban J connectivity index is 1.59. The molecule has 0 aliphatic rings. The summed E-state index contributed by atoms with van der Waals surface area (Å²) < 4.78 is 40.1. The van der Waals surface area contributed by atoms with Crippen molar-refractivity contribution in [1.82, 2.24) is 20.0 Å². The summed E-state index contributed by atoms with van der Waals surface area (Å²) in [6.07, 6.45) is 1.37. The number of hydrogen-bond donors (Lipinski definition) is 2. The average molecular weight is 455 g/mol. The second-order valence-corrected chi connectivity index (χ2v) is 9.10. The molecule has 0 aliphatic carbocycles. The number of carbonyl (C=O) groups excluding carboxylic acids is 1. The third-order valence-electron chi connectivity index (χ3n) is 3.99. The number of pyridine rings is 1. The first-order valence-corrected chi connectivity index (χ1v) is 11.1. The molecule has 0 unspecified atom stereocenters. The van der Waals surface area contributed by atoms with Crippen LogP contribution < -0.4 is 10.0 Å². The molecule has 1 amide bonds. The van der Waals surface area contributed by atoms with E-state index in [4.69, 9.17) is 11.6 Å². The van der Waals surface area contributed by atoms with Gasteiger partial charge >= 0.3 is 0 Å². The van der Waals surface area contributed by atoms with Gasteiger partial charge in [0.25, 0.3) is 5.91 Å². The fourth-order valence-electron chi connectivity index (χ4n) is 2.32. The van der Waals surface area contributed by atoms with Gasteiger partial charge in [0.1, 0.15) is 5.82 Å². The summed E-state index contributed by atoms with van der Waals surface area (Å²) in [6, 6.07) is 6.24. The van der Waals surface area contributed by atoms with Crippen LogP contribution in [0.3, 0.4) is 0 Å². The van der Waals surface area contributed by atoms with Gasteiger partial charge in [-0.05, 0) is 37.3 Å². The van der Waals surface area contributed by atoms with Crippen LogP contribution in [0.15, 0.2) is 46.9 Å². The Hall–Kier alpha value is -2.40. The van der Waals surface area contributed by atoms with Crippen molar-refractivity contribution < 1.29 is 17.6 Å². The number of carbonyl (C=O) groups is 1. The zero-order valence-electron chi connectivity index (χ0n) is 15.1. The molecule has 0 spiro atoms. The smallest absolute Gasteiger partial charge is 0.253 e. The Morgan fingerprint density at radius 1 is 1.21 bits per heavy atom. The van der Waals surface area contributed by atoms with Gasteiger partial charge in [-0.15, -0.1) is 11.3 Å². The van der Waals surface area contributed by atoms with Crippen LogP contribution in [0.5, 0.6) is 0 Å². The Morgan fingerprint density at radius 2 is 2.00 bits per heavy atom. The maximum atomic E-state index is 13.2. The van der Waals surface area contributed by atoms with Crippen molar-refractivity contribution in [2.75, 3.05) is 0 Å². The van der Waals surface area contributed by atoms with E-state index in [9.17, 15) is 17.6 Å². The van der Waals surface area contributed by atoms with E-state index in [1.807, 2.05) is 6.92 Å². The van der Waals surface area contributed by atoms with Crippen LogP contribution in [0.4, 0.5) is 4.39 Å². The molecule has 11 heteroatoms. The number of nitrogens with zero attached hydrogens (tertiary/aromatic N) is 2. The normalized spacial score (nSPS) is 11.4. The maximum Gasteiger partial charge on any atom is 0.253 e. The zero-order valence-corrected chi connectivity index (χ0v) is 17.5. The predicted octanol–water partition coefficient (Wildman–Crippen LogP) is 3.05. The molecule has 2 aromatic heterocycles. The monoisotopic (exact) mass is 454 g/mol. The first kappa shape index (κ1) is 21.3. The van der Waals surface area contributed by atoms with E-state index in [2.05, 4.69) is 20.0 Å². The van der Waals surface area contributed by atoms with E-state index in [0.29, 0.717) is 17.8 Å². The van der Waals surface area contributed by atoms with Crippen LogP contribution in [-0.4, -0.2) is 24.3 Å². The molecule has 152 valence electrons. The Morgan fingerprint density at radius 3 is 2.62 bits per heavy atom.